The average molecular weight is 259 g/mol. The Hall–Kier alpha value is -1.55. The highest BCUT2D eigenvalue weighted by atomic mass is 16.2. The number of nitrogens with one attached hydrogen (secondary N) is 1. The van der Waals surface area contributed by atoms with Gasteiger partial charge in [-0.3, -0.25) is 14.8 Å². The van der Waals surface area contributed by atoms with Crippen LogP contribution in [0.25, 0.3) is 0 Å². The maximum Gasteiger partial charge on any atom is 0.242 e. The van der Waals surface area contributed by atoms with E-state index in [1.54, 1.807) is 5.01 Å². The van der Waals surface area contributed by atoms with Gasteiger partial charge in [0.2, 0.25) is 5.91 Å². The number of carbonyl (C=O) groups excluding carboxylic acids is 1. The minimum Gasteiger partial charge on any atom is -0.317 e. The Morgan fingerprint density at radius 1 is 1.26 bits per heavy atom. The van der Waals surface area contributed by atoms with E-state index in [-0.39, 0.29) is 5.91 Å². The molecule has 1 amide bonds. The van der Waals surface area contributed by atoms with Crippen molar-refractivity contribution in [1.29, 1.82) is 0 Å². The maximum atomic E-state index is 11.6. The molecule has 19 heavy (non-hydrogen) atoms. The zero-order chi connectivity index (χ0) is 13.2. The maximum absolute atomic E-state index is 11.6. The molecule has 0 aliphatic carbocycles. The quantitative estimate of drug-likeness (QED) is 0.878. The van der Waals surface area contributed by atoms with Crippen LogP contribution in [0.15, 0.2) is 24.3 Å². The molecule has 0 unspecified atom stereocenters. The Morgan fingerprint density at radius 3 is 2.74 bits per heavy atom. The zero-order valence-corrected chi connectivity index (χ0v) is 11.4. The van der Waals surface area contributed by atoms with E-state index in [1.807, 2.05) is 7.05 Å². The topological polar surface area (TPSA) is 35.6 Å². The van der Waals surface area contributed by atoms with Gasteiger partial charge in [0.15, 0.2) is 0 Å². The molecule has 4 heteroatoms. The minimum absolute atomic E-state index is 0.201. The van der Waals surface area contributed by atoms with Crippen LogP contribution in [0.2, 0.25) is 0 Å². The first-order valence-corrected chi connectivity index (χ1v) is 7.10. The van der Waals surface area contributed by atoms with Crippen LogP contribution in [0.5, 0.6) is 0 Å². The van der Waals surface area contributed by atoms with Gasteiger partial charge in [0, 0.05) is 20.0 Å². The molecule has 3 rings (SSSR count). The first kappa shape index (κ1) is 12.5. The lowest BCUT2D eigenvalue weighted by Crippen LogP contribution is -2.35. The fourth-order valence-corrected chi connectivity index (χ4v) is 3.04. The molecule has 0 radical (unpaired) electrons. The highest BCUT2D eigenvalue weighted by Gasteiger charge is 2.26. The van der Waals surface area contributed by atoms with Crippen LogP contribution in [-0.2, 0) is 4.79 Å². The van der Waals surface area contributed by atoms with Crippen molar-refractivity contribution in [2.45, 2.75) is 25.2 Å². The van der Waals surface area contributed by atoms with E-state index in [0.29, 0.717) is 12.3 Å². The second kappa shape index (κ2) is 5.21. The molecule has 1 aromatic rings. The van der Waals surface area contributed by atoms with Crippen molar-refractivity contribution >= 4 is 11.6 Å². The van der Waals surface area contributed by atoms with Crippen LogP contribution in [-0.4, -0.2) is 37.6 Å². The number of carbonyl (C=O) groups is 1. The SMILES string of the molecule is CN1C(=O)CCN1c1cccc(C2CCNCC2)c1. The Labute approximate surface area is 114 Å². The lowest BCUT2D eigenvalue weighted by atomic mass is 9.90. The molecular weight excluding hydrogens is 238 g/mol. The second-order valence-electron chi connectivity index (χ2n) is 5.41. The summed E-state index contributed by atoms with van der Waals surface area (Å²) in [6, 6.07) is 8.69. The molecule has 2 heterocycles. The minimum atomic E-state index is 0.201. The number of rotatable bonds is 2. The number of piperidine rings is 1. The Morgan fingerprint density at radius 2 is 2.05 bits per heavy atom. The summed E-state index contributed by atoms with van der Waals surface area (Å²) in [4.78, 5) is 11.6. The van der Waals surface area contributed by atoms with E-state index >= 15 is 0 Å². The smallest absolute Gasteiger partial charge is 0.242 e. The molecule has 0 spiro atoms. The van der Waals surface area contributed by atoms with Crippen molar-refractivity contribution in [2.24, 2.45) is 0 Å². The number of nitrogens with zero attached hydrogens (tertiary/aromatic N) is 2. The van der Waals surface area contributed by atoms with Crippen molar-refractivity contribution < 1.29 is 4.79 Å². The molecule has 0 aromatic heterocycles. The van der Waals surface area contributed by atoms with Gasteiger partial charge >= 0.3 is 0 Å². The first-order chi connectivity index (χ1) is 9.25. The summed E-state index contributed by atoms with van der Waals surface area (Å²) < 4.78 is 0. The van der Waals surface area contributed by atoms with Crippen LogP contribution in [0.4, 0.5) is 5.69 Å². The van der Waals surface area contributed by atoms with Gasteiger partial charge in [-0.2, -0.15) is 0 Å². The van der Waals surface area contributed by atoms with Crippen molar-refractivity contribution in [3.63, 3.8) is 0 Å². The van der Waals surface area contributed by atoms with Gasteiger partial charge < -0.3 is 5.32 Å². The van der Waals surface area contributed by atoms with Gasteiger partial charge in [-0.05, 0) is 49.5 Å². The molecule has 2 aliphatic rings. The van der Waals surface area contributed by atoms with Crippen molar-refractivity contribution in [1.82, 2.24) is 10.3 Å². The van der Waals surface area contributed by atoms with Gasteiger partial charge in [-0.1, -0.05) is 12.1 Å². The number of benzene rings is 1. The largest absolute Gasteiger partial charge is 0.317 e. The summed E-state index contributed by atoms with van der Waals surface area (Å²) in [5.41, 5.74) is 2.55. The molecule has 2 fully saturated rings. The van der Waals surface area contributed by atoms with E-state index in [0.717, 1.165) is 25.3 Å². The zero-order valence-electron chi connectivity index (χ0n) is 11.4. The van der Waals surface area contributed by atoms with Crippen LogP contribution in [0, 0.1) is 0 Å². The molecular formula is C15H21N3O. The third-order valence-corrected chi connectivity index (χ3v) is 4.24. The Balaban J connectivity index is 1.81. The third kappa shape index (κ3) is 2.45. The summed E-state index contributed by atoms with van der Waals surface area (Å²) in [6.45, 7) is 3.01. The summed E-state index contributed by atoms with van der Waals surface area (Å²) in [5, 5.41) is 7.22. The molecule has 1 aromatic carbocycles. The Kier molecular flexibility index (Phi) is 3.42. The van der Waals surface area contributed by atoms with Crippen LogP contribution >= 0.6 is 0 Å². The molecule has 0 saturated carbocycles. The lowest BCUT2D eigenvalue weighted by Gasteiger charge is -2.28. The first-order valence-electron chi connectivity index (χ1n) is 7.10. The third-order valence-electron chi connectivity index (χ3n) is 4.24. The predicted octanol–water partition coefficient (Wildman–Crippen LogP) is 1.74. The average Bonchev–Trinajstić information content (AvgIpc) is 2.80. The van der Waals surface area contributed by atoms with Crippen LogP contribution in [0.3, 0.4) is 0 Å². The lowest BCUT2D eigenvalue weighted by molar-refractivity contribution is -0.126. The number of hydrazine groups is 1. The molecule has 102 valence electrons. The predicted molar refractivity (Wildman–Crippen MR) is 76.0 cm³/mol. The van der Waals surface area contributed by atoms with E-state index in [2.05, 4.69) is 34.6 Å². The van der Waals surface area contributed by atoms with Gasteiger partial charge in [-0.15, -0.1) is 0 Å². The summed E-state index contributed by atoms with van der Waals surface area (Å²) in [7, 11) is 1.85. The summed E-state index contributed by atoms with van der Waals surface area (Å²) in [6.07, 6.45) is 3.03. The van der Waals surface area contributed by atoms with Crippen molar-refractivity contribution in [3.8, 4) is 0 Å². The van der Waals surface area contributed by atoms with Crippen LogP contribution < -0.4 is 10.3 Å². The molecule has 0 bridgehead atoms. The van der Waals surface area contributed by atoms with E-state index in [1.165, 1.54) is 18.4 Å². The van der Waals surface area contributed by atoms with Crippen LogP contribution in [0.1, 0.15) is 30.7 Å². The fraction of sp³-hybridized carbons (Fsp3) is 0.533. The number of hydrogen-bond donors (Lipinski definition) is 1. The molecule has 1 N–H and O–H groups in total. The molecule has 2 saturated heterocycles. The molecule has 2 aliphatic heterocycles. The normalized spacial score (nSPS) is 21.2. The summed E-state index contributed by atoms with van der Waals surface area (Å²) in [5.74, 6) is 0.858. The van der Waals surface area contributed by atoms with E-state index < -0.39 is 0 Å². The van der Waals surface area contributed by atoms with Gasteiger partial charge in [0.1, 0.15) is 0 Å². The molecule has 4 nitrogen and oxygen atoms in total. The van der Waals surface area contributed by atoms with Crippen molar-refractivity contribution in [3.05, 3.63) is 29.8 Å². The number of anilines is 1. The number of hydrogen-bond acceptors (Lipinski definition) is 3. The van der Waals surface area contributed by atoms with Gasteiger partial charge in [0.25, 0.3) is 0 Å². The monoisotopic (exact) mass is 259 g/mol. The van der Waals surface area contributed by atoms with Crippen molar-refractivity contribution in [2.75, 3.05) is 31.7 Å². The van der Waals surface area contributed by atoms with E-state index in [9.17, 15) is 4.79 Å². The standard InChI is InChI=1S/C15H21N3O/c1-17-15(19)7-10-18(17)14-4-2-3-13(11-14)12-5-8-16-9-6-12/h2-4,11-12,16H,5-10H2,1H3. The second-order valence-corrected chi connectivity index (χ2v) is 5.41. The highest BCUT2D eigenvalue weighted by Crippen LogP contribution is 2.29. The number of amides is 1. The van der Waals surface area contributed by atoms with Gasteiger partial charge in [-0.25, -0.2) is 0 Å². The molecule has 0 atom stereocenters. The highest BCUT2D eigenvalue weighted by molar-refractivity contribution is 5.81. The van der Waals surface area contributed by atoms with E-state index in [4.69, 9.17) is 0 Å². The fourth-order valence-electron chi connectivity index (χ4n) is 3.04. The Bertz CT molecular complexity index is 468. The van der Waals surface area contributed by atoms with Gasteiger partial charge in [0.05, 0.1) is 5.69 Å². The summed E-state index contributed by atoms with van der Waals surface area (Å²) >= 11 is 0.